The van der Waals surface area contributed by atoms with E-state index >= 15 is 0 Å². The zero-order valence-corrected chi connectivity index (χ0v) is 21.0. The van der Waals surface area contributed by atoms with Gasteiger partial charge in [-0.1, -0.05) is 38.1 Å². The number of aromatic nitrogens is 1. The van der Waals surface area contributed by atoms with Crippen molar-refractivity contribution in [2.24, 2.45) is 40.2 Å². The second-order valence-corrected chi connectivity index (χ2v) is 12.1. The summed E-state index contributed by atoms with van der Waals surface area (Å²) in [6.07, 6.45) is 14.5. The van der Waals surface area contributed by atoms with Crippen molar-refractivity contribution in [2.45, 2.75) is 71.3 Å². The molecule has 0 saturated heterocycles. The minimum atomic E-state index is -0.168. The average Bonchev–Trinajstić information content (AvgIpc) is 3.19. The Balaban J connectivity index is 1.30. The molecule has 5 nitrogen and oxygen atoms in total. The Kier molecular flexibility index (Phi) is 5.32. The summed E-state index contributed by atoms with van der Waals surface area (Å²) in [5, 5.41) is 1.07. The predicted molar refractivity (Wildman–Crippen MR) is 138 cm³/mol. The van der Waals surface area contributed by atoms with Crippen LogP contribution in [0.25, 0.3) is 10.9 Å². The van der Waals surface area contributed by atoms with Gasteiger partial charge < -0.3 is 10.6 Å². The molecule has 3 fully saturated rings. The smallest absolute Gasteiger partial charge is 0.251 e. The molecule has 2 heterocycles. The van der Waals surface area contributed by atoms with Gasteiger partial charge in [0.15, 0.2) is 0 Å². The van der Waals surface area contributed by atoms with Gasteiger partial charge in [-0.05, 0) is 86.2 Å². The molecule has 0 spiro atoms. The third-order valence-corrected chi connectivity index (χ3v) is 10.7. The van der Waals surface area contributed by atoms with Crippen LogP contribution in [0.15, 0.2) is 48.7 Å². The van der Waals surface area contributed by atoms with Gasteiger partial charge in [0.05, 0.1) is 17.4 Å². The van der Waals surface area contributed by atoms with Crippen molar-refractivity contribution in [2.75, 3.05) is 4.90 Å². The van der Waals surface area contributed by atoms with Gasteiger partial charge in [-0.2, -0.15) is 0 Å². The van der Waals surface area contributed by atoms with Gasteiger partial charge >= 0.3 is 0 Å². The summed E-state index contributed by atoms with van der Waals surface area (Å²) in [5.41, 5.74) is 7.66. The number of carbonyl (C=O) groups excluding carboxylic acids is 2. The Morgan fingerprint density at radius 2 is 1.94 bits per heavy atom. The number of carbonyl (C=O) groups is 2. The fraction of sp³-hybridized carbons (Fsp3) is 0.567. The van der Waals surface area contributed by atoms with E-state index < -0.39 is 0 Å². The molecule has 35 heavy (non-hydrogen) atoms. The van der Waals surface area contributed by atoms with Crippen molar-refractivity contribution in [1.29, 1.82) is 0 Å². The number of hydrogen-bond acceptors (Lipinski definition) is 3. The van der Waals surface area contributed by atoms with Crippen LogP contribution in [-0.4, -0.2) is 22.8 Å². The van der Waals surface area contributed by atoms with E-state index in [2.05, 4.69) is 37.0 Å². The number of benzene rings is 1. The topological polar surface area (TPSA) is 76.3 Å². The summed E-state index contributed by atoms with van der Waals surface area (Å²) in [6, 6.07) is 10.4. The van der Waals surface area contributed by atoms with E-state index in [1.165, 1.54) is 32.1 Å². The Labute approximate surface area is 208 Å². The predicted octanol–water partition coefficient (Wildman–Crippen LogP) is 5.63. The van der Waals surface area contributed by atoms with Crippen LogP contribution in [0.2, 0.25) is 0 Å². The van der Waals surface area contributed by atoms with Crippen molar-refractivity contribution in [1.82, 2.24) is 4.98 Å². The van der Waals surface area contributed by atoms with E-state index in [-0.39, 0.29) is 23.3 Å². The highest BCUT2D eigenvalue weighted by Gasteiger charge is 2.60. The minimum absolute atomic E-state index is 0.0326. The molecule has 184 valence electrons. The number of primary amides is 1. The highest BCUT2D eigenvalue weighted by Crippen LogP contribution is 2.66. The fourth-order valence-electron chi connectivity index (χ4n) is 8.90. The molecule has 2 amide bonds. The van der Waals surface area contributed by atoms with Gasteiger partial charge in [0.25, 0.3) is 5.91 Å². The quantitative estimate of drug-likeness (QED) is 0.628. The molecule has 0 unspecified atom stereocenters. The van der Waals surface area contributed by atoms with Crippen molar-refractivity contribution >= 4 is 28.4 Å². The first kappa shape index (κ1) is 22.8. The first-order valence-electron chi connectivity index (χ1n) is 13.5. The van der Waals surface area contributed by atoms with E-state index in [1.807, 2.05) is 35.4 Å². The molecule has 3 aliphatic carbocycles. The molecular weight excluding hydrogens is 434 g/mol. The number of pyridine rings is 1. The normalized spacial score (nSPS) is 38.2. The van der Waals surface area contributed by atoms with Gasteiger partial charge in [-0.3, -0.25) is 14.6 Å². The van der Waals surface area contributed by atoms with E-state index in [4.69, 9.17) is 5.73 Å². The maximum atomic E-state index is 13.3. The van der Waals surface area contributed by atoms with Crippen LogP contribution in [0.1, 0.15) is 65.2 Å². The highest BCUT2D eigenvalue weighted by atomic mass is 16.2. The molecule has 1 aromatic carbocycles. The third kappa shape index (κ3) is 3.45. The summed E-state index contributed by atoms with van der Waals surface area (Å²) in [5.74, 6) is 2.49. The molecular formula is C30H37N3O2. The maximum Gasteiger partial charge on any atom is 0.251 e. The number of fused-ring (bicyclic) bond motifs is 6. The summed E-state index contributed by atoms with van der Waals surface area (Å²) in [6.45, 7) is 4.90. The second-order valence-electron chi connectivity index (χ2n) is 12.1. The van der Waals surface area contributed by atoms with Crippen LogP contribution >= 0.6 is 0 Å². The Morgan fingerprint density at radius 3 is 2.77 bits per heavy atom. The van der Waals surface area contributed by atoms with Crippen LogP contribution in [0.5, 0.6) is 0 Å². The van der Waals surface area contributed by atoms with Gasteiger partial charge in [0, 0.05) is 29.3 Å². The molecule has 4 aliphatic rings. The van der Waals surface area contributed by atoms with Crippen LogP contribution in [0.4, 0.5) is 5.69 Å². The largest absolute Gasteiger partial charge is 0.370 e. The molecule has 0 bridgehead atoms. The number of para-hydroxylation sites is 1. The number of hydrogen-bond donors (Lipinski definition) is 1. The lowest BCUT2D eigenvalue weighted by atomic mass is 9.47. The maximum absolute atomic E-state index is 13.3. The Bertz CT molecular complexity index is 1210. The number of anilines is 1. The van der Waals surface area contributed by atoms with E-state index in [0.717, 1.165) is 29.4 Å². The minimum Gasteiger partial charge on any atom is -0.370 e. The first-order chi connectivity index (χ1) is 16.8. The molecule has 7 atom stereocenters. The lowest BCUT2D eigenvalue weighted by Gasteiger charge is -2.60. The highest BCUT2D eigenvalue weighted by molar-refractivity contribution is 6.04. The van der Waals surface area contributed by atoms with Crippen LogP contribution in [-0.2, 0) is 9.59 Å². The summed E-state index contributed by atoms with van der Waals surface area (Å²) >= 11 is 0. The van der Waals surface area contributed by atoms with Gasteiger partial charge in [-0.25, -0.2) is 0 Å². The Morgan fingerprint density at radius 1 is 1.11 bits per heavy atom. The second kappa shape index (κ2) is 8.18. The van der Waals surface area contributed by atoms with Crippen LogP contribution in [0.3, 0.4) is 0 Å². The summed E-state index contributed by atoms with van der Waals surface area (Å²) in [7, 11) is 0. The number of amides is 2. The molecule has 2 aromatic rings. The number of nitrogens with zero attached hydrogens (tertiary/aromatic N) is 2. The monoisotopic (exact) mass is 471 g/mol. The van der Waals surface area contributed by atoms with Crippen molar-refractivity contribution in [3.8, 4) is 0 Å². The average molecular weight is 472 g/mol. The van der Waals surface area contributed by atoms with Crippen LogP contribution in [0, 0.1) is 34.5 Å². The van der Waals surface area contributed by atoms with E-state index in [9.17, 15) is 9.59 Å². The van der Waals surface area contributed by atoms with Crippen molar-refractivity contribution < 1.29 is 9.59 Å². The number of nitrogens with two attached hydrogens (primary N) is 1. The first-order valence-corrected chi connectivity index (χ1v) is 13.5. The lowest BCUT2D eigenvalue weighted by molar-refractivity contribution is -0.120. The van der Waals surface area contributed by atoms with Gasteiger partial charge in [0.1, 0.15) is 0 Å². The molecule has 1 aliphatic heterocycles. The summed E-state index contributed by atoms with van der Waals surface area (Å²) in [4.78, 5) is 31.5. The molecule has 2 N–H and O–H groups in total. The van der Waals surface area contributed by atoms with Gasteiger partial charge in [-0.15, -0.1) is 0 Å². The van der Waals surface area contributed by atoms with Crippen LogP contribution < -0.4 is 10.6 Å². The van der Waals surface area contributed by atoms with Crippen molar-refractivity contribution in [3.63, 3.8) is 0 Å². The molecule has 0 radical (unpaired) electrons. The zero-order valence-electron chi connectivity index (χ0n) is 21.0. The van der Waals surface area contributed by atoms with E-state index in [1.54, 1.807) is 0 Å². The molecule has 1 aromatic heterocycles. The molecule has 3 saturated carbocycles. The SMILES string of the molecule is C[C@]12C=CC(=O)N(c3cnc4ccccc4c3)[C@@H]1CC[C@@H]1[C@@H]2CC[C@]2(C)[C@@H](CCC(N)=O)CC[C@@H]12. The van der Waals surface area contributed by atoms with E-state index in [0.29, 0.717) is 35.5 Å². The molecule has 5 heteroatoms. The van der Waals surface area contributed by atoms with Gasteiger partial charge in [0.2, 0.25) is 5.91 Å². The Hall–Kier alpha value is -2.69. The zero-order chi connectivity index (χ0) is 24.4. The number of rotatable bonds is 4. The fourth-order valence-corrected chi connectivity index (χ4v) is 8.90. The lowest BCUT2D eigenvalue weighted by Crippen LogP contribution is -2.60. The molecule has 6 rings (SSSR count). The third-order valence-electron chi connectivity index (χ3n) is 10.7. The van der Waals surface area contributed by atoms with Crippen molar-refractivity contribution in [3.05, 3.63) is 48.7 Å². The standard InChI is InChI=1S/C30H37N3O2/c1-29-15-13-24-22(23(29)10-7-20(29)8-12-27(31)34)9-11-26-30(24,2)16-14-28(35)33(26)21-17-19-5-3-4-6-25(19)32-18-21/h3-6,14,16-18,20,22-24,26H,7-13,15H2,1-2H3,(H2,31,34)/t20-,22+,23+,24+,26-,29-,30-/m1/s1. The summed E-state index contributed by atoms with van der Waals surface area (Å²) < 4.78 is 0.